The zero-order valence-corrected chi connectivity index (χ0v) is 16.8. The smallest absolute Gasteiger partial charge is 0.238 e. The molecule has 0 unspecified atom stereocenters. The van der Waals surface area contributed by atoms with E-state index < -0.39 is 0 Å². The van der Waals surface area contributed by atoms with E-state index in [0.717, 1.165) is 50.6 Å². The summed E-state index contributed by atoms with van der Waals surface area (Å²) in [6.07, 6.45) is 0.950. The van der Waals surface area contributed by atoms with Gasteiger partial charge in [-0.15, -0.1) is 0 Å². The van der Waals surface area contributed by atoms with Crippen LogP contribution in [-0.2, 0) is 4.79 Å². The lowest BCUT2D eigenvalue weighted by molar-refractivity contribution is -0.117. The molecule has 1 heterocycles. The maximum Gasteiger partial charge on any atom is 0.238 e. The van der Waals surface area contributed by atoms with Crippen LogP contribution in [0.25, 0.3) is 0 Å². The van der Waals surface area contributed by atoms with Crippen molar-refractivity contribution in [3.8, 4) is 11.5 Å². The number of hydrogen-bond acceptors (Lipinski definition) is 5. The minimum atomic E-state index is -0.354. The first-order valence-electron chi connectivity index (χ1n) is 9.89. The van der Waals surface area contributed by atoms with Gasteiger partial charge in [-0.05, 0) is 48.9 Å². The summed E-state index contributed by atoms with van der Waals surface area (Å²) >= 11 is 0. The lowest BCUT2D eigenvalue weighted by atomic mass is 10.2. The number of nitrogens with one attached hydrogen (secondary N) is 1. The van der Waals surface area contributed by atoms with Gasteiger partial charge in [-0.1, -0.05) is 6.07 Å². The third-order valence-electron chi connectivity index (χ3n) is 4.89. The quantitative estimate of drug-likeness (QED) is 0.655. The molecule has 1 N–H and O–H groups in total. The van der Waals surface area contributed by atoms with Crippen molar-refractivity contribution in [3.05, 3.63) is 54.3 Å². The van der Waals surface area contributed by atoms with Gasteiger partial charge in [-0.2, -0.15) is 0 Å². The molecule has 6 nitrogen and oxygen atoms in total. The average molecular weight is 401 g/mol. The monoisotopic (exact) mass is 401 g/mol. The number of carbonyl (C=O) groups excluding carboxylic acids is 1. The van der Waals surface area contributed by atoms with Gasteiger partial charge in [0, 0.05) is 38.4 Å². The SMILES string of the molecule is COc1ccc(OCCCN2CCN(CC(=O)Nc3cccc(F)c3)CC2)cc1. The largest absolute Gasteiger partial charge is 0.497 e. The van der Waals surface area contributed by atoms with Crippen LogP contribution >= 0.6 is 0 Å². The van der Waals surface area contributed by atoms with Crippen molar-refractivity contribution in [2.75, 3.05) is 58.3 Å². The number of piperazine rings is 1. The molecule has 0 saturated carbocycles. The molecule has 0 radical (unpaired) electrons. The Hall–Kier alpha value is -2.64. The molecule has 1 aliphatic heterocycles. The normalized spacial score (nSPS) is 15.1. The maximum absolute atomic E-state index is 13.2. The fourth-order valence-electron chi connectivity index (χ4n) is 3.29. The number of anilines is 1. The number of hydrogen-bond donors (Lipinski definition) is 1. The van der Waals surface area contributed by atoms with Crippen molar-refractivity contribution < 1.29 is 18.7 Å². The molecule has 0 atom stereocenters. The van der Waals surface area contributed by atoms with Crippen molar-refractivity contribution in [2.45, 2.75) is 6.42 Å². The standard InChI is InChI=1S/C22H28FN3O3/c1-28-20-6-8-21(9-7-20)29-15-3-10-25-11-13-26(14-12-25)17-22(27)24-19-5-2-4-18(23)16-19/h2,4-9,16H,3,10-15,17H2,1H3,(H,24,27). The first kappa shape index (κ1) is 21.1. The first-order valence-corrected chi connectivity index (χ1v) is 9.89. The Bertz CT molecular complexity index is 777. The van der Waals surface area contributed by atoms with E-state index in [0.29, 0.717) is 18.8 Å². The summed E-state index contributed by atoms with van der Waals surface area (Å²) in [6.45, 7) is 5.50. The molecule has 1 aliphatic rings. The van der Waals surface area contributed by atoms with Crippen LogP contribution in [0.2, 0.25) is 0 Å². The second-order valence-electron chi connectivity index (χ2n) is 7.05. The summed E-state index contributed by atoms with van der Waals surface area (Å²) in [5.74, 6) is 1.20. The van der Waals surface area contributed by atoms with Gasteiger partial charge in [0.05, 0.1) is 20.3 Å². The fraction of sp³-hybridized carbons (Fsp3) is 0.409. The van der Waals surface area contributed by atoms with Crippen LogP contribution in [0.5, 0.6) is 11.5 Å². The number of carbonyl (C=O) groups is 1. The summed E-state index contributed by atoms with van der Waals surface area (Å²) in [7, 11) is 1.65. The molecule has 2 aromatic carbocycles. The molecule has 7 heteroatoms. The number of methoxy groups -OCH3 is 1. The van der Waals surface area contributed by atoms with E-state index in [9.17, 15) is 9.18 Å². The number of amides is 1. The van der Waals surface area contributed by atoms with Crippen LogP contribution in [0.15, 0.2) is 48.5 Å². The first-order chi connectivity index (χ1) is 14.1. The maximum atomic E-state index is 13.2. The molecule has 3 rings (SSSR count). The van der Waals surface area contributed by atoms with Crippen molar-refractivity contribution in [1.29, 1.82) is 0 Å². The van der Waals surface area contributed by atoms with Crippen molar-refractivity contribution >= 4 is 11.6 Å². The molecule has 29 heavy (non-hydrogen) atoms. The Morgan fingerprint density at radius 2 is 1.72 bits per heavy atom. The second kappa shape index (κ2) is 10.8. The number of halogens is 1. The Labute approximate surface area is 171 Å². The molecule has 2 aromatic rings. The minimum absolute atomic E-state index is 0.114. The van der Waals surface area contributed by atoms with E-state index in [1.54, 1.807) is 19.2 Å². The van der Waals surface area contributed by atoms with Crippen molar-refractivity contribution in [1.82, 2.24) is 9.80 Å². The summed E-state index contributed by atoms with van der Waals surface area (Å²) in [6, 6.07) is 13.5. The Kier molecular flexibility index (Phi) is 7.84. The number of nitrogens with zero attached hydrogens (tertiary/aromatic N) is 2. The molecule has 1 amide bonds. The fourth-order valence-corrected chi connectivity index (χ4v) is 3.29. The van der Waals surface area contributed by atoms with E-state index in [1.807, 2.05) is 24.3 Å². The molecular formula is C22H28FN3O3. The highest BCUT2D eigenvalue weighted by molar-refractivity contribution is 5.92. The van der Waals surface area contributed by atoms with E-state index in [1.165, 1.54) is 12.1 Å². The van der Waals surface area contributed by atoms with Crippen LogP contribution in [-0.4, -0.2) is 68.7 Å². The van der Waals surface area contributed by atoms with E-state index in [2.05, 4.69) is 15.1 Å². The molecule has 1 saturated heterocycles. The van der Waals surface area contributed by atoms with Crippen molar-refractivity contribution in [3.63, 3.8) is 0 Å². The molecule has 156 valence electrons. The van der Waals surface area contributed by atoms with Gasteiger partial charge in [0.25, 0.3) is 0 Å². The minimum Gasteiger partial charge on any atom is -0.497 e. The Balaban J connectivity index is 1.29. The Morgan fingerprint density at radius 3 is 2.41 bits per heavy atom. The van der Waals surface area contributed by atoms with Crippen LogP contribution in [0.1, 0.15) is 6.42 Å². The van der Waals surface area contributed by atoms with E-state index in [-0.39, 0.29) is 11.7 Å². The predicted octanol–water partition coefficient (Wildman–Crippen LogP) is 2.86. The lowest BCUT2D eigenvalue weighted by Crippen LogP contribution is -2.48. The summed E-state index contributed by atoms with van der Waals surface area (Å²) in [5.41, 5.74) is 0.491. The highest BCUT2D eigenvalue weighted by atomic mass is 19.1. The third-order valence-corrected chi connectivity index (χ3v) is 4.89. The van der Waals surface area contributed by atoms with Gasteiger partial charge in [-0.25, -0.2) is 4.39 Å². The van der Waals surface area contributed by atoms with Crippen LogP contribution in [0, 0.1) is 5.82 Å². The predicted molar refractivity (Wildman–Crippen MR) is 111 cm³/mol. The van der Waals surface area contributed by atoms with Gasteiger partial charge in [0.1, 0.15) is 17.3 Å². The summed E-state index contributed by atoms with van der Waals surface area (Å²) < 4.78 is 24.1. The van der Waals surface area contributed by atoms with Crippen LogP contribution in [0.4, 0.5) is 10.1 Å². The van der Waals surface area contributed by atoms with Crippen molar-refractivity contribution in [2.24, 2.45) is 0 Å². The van der Waals surface area contributed by atoms with Crippen LogP contribution < -0.4 is 14.8 Å². The third kappa shape index (κ3) is 7.03. The molecule has 0 spiro atoms. The van der Waals surface area contributed by atoms with Crippen LogP contribution in [0.3, 0.4) is 0 Å². The highest BCUT2D eigenvalue weighted by Gasteiger charge is 2.18. The molecule has 0 aromatic heterocycles. The van der Waals surface area contributed by atoms with Gasteiger partial charge < -0.3 is 19.7 Å². The Morgan fingerprint density at radius 1 is 1.03 bits per heavy atom. The highest BCUT2D eigenvalue weighted by Crippen LogP contribution is 2.17. The van der Waals surface area contributed by atoms with Gasteiger partial charge >= 0.3 is 0 Å². The van der Waals surface area contributed by atoms with Gasteiger partial charge in [0.15, 0.2) is 0 Å². The number of benzene rings is 2. The molecule has 1 fully saturated rings. The van der Waals surface area contributed by atoms with Gasteiger partial charge in [-0.3, -0.25) is 9.69 Å². The number of rotatable bonds is 9. The summed E-state index contributed by atoms with van der Waals surface area (Å²) in [4.78, 5) is 16.7. The molecular weight excluding hydrogens is 373 g/mol. The topological polar surface area (TPSA) is 54.0 Å². The second-order valence-corrected chi connectivity index (χ2v) is 7.05. The average Bonchev–Trinajstić information content (AvgIpc) is 2.73. The summed E-state index contributed by atoms with van der Waals surface area (Å²) in [5, 5.41) is 2.75. The number of ether oxygens (including phenoxy) is 2. The lowest BCUT2D eigenvalue weighted by Gasteiger charge is -2.34. The molecule has 0 aliphatic carbocycles. The zero-order chi connectivity index (χ0) is 20.5. The zero-order valence-electron chi connectivity index (χ0n) is 16.8. The molecule has 0 bridgehead atoms. The van der Waals surface area contributed by atoms with Gasteiger partial charge in [0.2, 0.25) is 5.91 Å². The van der Waals surface area contributed by atoms with E-state index in [4.69, 9.17) is 9.47 Å². The van der Waals surface area contributed by atoms with E-state index >= 15 is 0 Å².